The van der Waals surface area contributed by atoms with Crippen molar-refractivity contribution in [3.8, 4) is 0 Å². The first-order valence-corrected chi connectivity index (χ1v) is 6.69. The van der Waals surface area contributed by atoms with Crippen molar-refractivity contribution in [2.75, 3.05) is 34.4 Å². The Hall–Kier alpha value is -1.40. The summed E-state index contributed by atoms with van der Waals surface area (Å²) >= 11 is 0. The minimum Gasteiger partial charge on any atom is -0.469 e. The van der Waals surface area contributed by atoms with E-state index >= 15 is 0 Å². The third kappa shape index (κ3) is 4.94. The molecule has 0 aliphatic carbocycles. The molecule has 0 saturated heterocycles. The van der Waals surface area contributed by atoms with Gasteiger partial charge in [0.25, 0.3) is 0 Å². The summed E-state index contributed by atoms with van der Waals surface area (Å²) in [7, 11) is 4.53. The first-order chi connectivity index (χ1) is 9.62. The molecule has 1 amide bonds. The molecule has 1 aliphatic heterocycles. The number of ether oxygens (including phenoxy) is 3. The van der Waals surface area contributed by atoms with Crippen LogP contribution in [0.25, 0.3) is 0 Å². The minimum atomic E-state index is -0.372. The van der Waals surface area contributed by atoms with Crippen molar-refractivity contribution in [1.82, 2.24) is 4.90 Å². The number of amides is 1. The number of carbonyl (C=O) groups excluding carboxylic acids is 2. The highest BCUT2D eigenvalue weighted by atomic mass is 16.5. The van der Waals surface area contributed by atoms with E-state index in [4.69, 9.17) is 9.47 Å². The first kappa shape index (κ1) is 16.7. The molecule has 0 spiro atoms. The maximum absolute atomic E-state index is 12.1. The fraction of sp³-hybridized carbons (Fsp3) is 0.714. The number of hydrogen-bond donors (Lipinski definition) is 0. The molecular weight excluding hydrogens is 262 g/mol. The van der Waals surface area contributed by atoms with E-state index in [2.05, 4.69) is 4.74 Å². The van der Waals surface area contributed by atoms with E-state index in [9.17, 15) is 9.59 Å². The van der Waals surface area contributed by atoms with Gasteiger partial charge in [0.1, 0.15) is 12.2 Å². The van der Waals surface area contributed by atoms with Gasteiger partial charge in [0, 0.05) is 33.7 Å². The number of methoxy groups -OCH3 is 3. The van der Waals surface area contributed by atoms with Gasteiger partial charge >= 0.3 is 5.97 Å². The lowest BCUT2D eigenvalue weighted by molar-refractivity contribution is -0.144. The average Bonchev–Trinajstić information content (AvgIpc) is 2.44. The quantitative estimate of drug-likeness (QED) is 0.551. The van der Waals surface area contributed by atoms with Crippen LogP contribution in [0.1, 0.15) is 19.3 Å². The van der Waals surface area contributed by atoms with Gasteiger partial charge in [-0.1, -0.05) is 12.2 Å². The Morgan fingerprint density at radius 2 is 1.95 bits per heavy atom. The molecule has 0 aromatic heterocycles. The van der Waals surface area contributed by atoms with Crippen LogP contribution >= 0.6 is 0 Å². The second kappa shape index (κ2) is 8.71. The maximum atomic E-state index is 12.1. The van der Waals surface area contributed by atoms with Crippen LogP contribution in [0.2, 0.25) is 0 Å². The first-order valence-electron chi connectivity index (χ1n) is 6.69. The zero-order valence-electron chi connectivity index (χ0n) is 12.3. The van der Waals surface area contributed by atoms with Crippen molar-refractivity contribution >= 4 is 11.9 Å². The second-order valence-corrected chi connectivity index (χ2v) is 4.61. The van der Waals surface area contributed by atoms with Gasteiger partial charge in [0.15, 0.2) is 0 Å². The van der Waals surface area contributed by atoms with Gasteiger partial charge in [-0.05, 0) is 6.42 Å². The van der Waals surface area contributed by atoms with Crippen LogP contribution in [0.3, 0.4) is 0 Å². The Bertz CT molecular complexity index is 355. The highest BCUT2D eigenvalue weighted by molar-refractivity contribution is 5.81. The molecule has 1 aliphatic rings. The van der Waals surface area contributed by atoms with Gasteiger partial charge in [-0.25, -0.2) is 0 Å². The zero-order chi connectivity index (χ0) is 15.0. The minimum absolute atomic E-state index is 0.0670. The van der Waals surface area contributed by atoms with Crippen LogP contribution < -0.4 is 0 Å². The van der Waals surface area contributed by atoms with Crippen LogP contribution in [0.15, 0.2) is 12.2 Å². The lowest BCUT2D eigenvalue weighted by Crippen LogP contribution is -2.44. The predicted octanol–water partition coefficient (Wildman–Crippen LogP) is 0.758. The topological polar surface area (TPSA) is 65.1 Å². The SMILES string of the molecule is COC(=O)CCC(=O)N1CC/C=C\C(OC)C(OC)C1. The van der Waals surface area contributed by atoms with Crippen molar-refractivity contribution in [2.45, 2.75) is 31.5 Å². The molecule has 0 N–H and O–H groups in total. The molecule has 6 nitrogen and oxygen atoms in total. The van der Waals surface area contributed by atoms with Gasteiger partial charge in [-0.2, -0.15) is 0 Å². The van der Waals surface area contributed by atoms with Gasteiger partial charge in [0.05, 0.1) is 13.5 Å². The molecule has 2 unspecified atom stereocenters. The van der Waals surface area contributed by atoms with Gasteiger partial charge in [-0.3, -0.25) is 9.59 Å². The van der Waals surface area contributed by atoms with Crippen molar-refractivity contribution in [3.63, 3.8) is 0 Å². The van der Waals surface area contributed by atoms with E-state index in [0.29, 0.717) is 13.1 Å². The third-order valence-electron chi connectivity index (χ3n) is 3.36. The molecule has 20 heavy (non-hydrogen) atoms. The van der Waals surface area contributed by atoms with Gasteiger partial charge in [0.2, 0.25) is 5.91 Å². The molecule has 114 valence electrons. The monoisotopic (exact) mass is 285 g/mol. The Labute approximate surface area is 119 Å². The Morgan fingerprint density at radius 3 is 2.55 bits per heavy atom. The van der Waals surface area contributed by atoms with Crippen molar-refractivity contribution in [3.05, 3.63) is 12.2 Å². The van der Waals surface area contributed by atoms with Crippen molar-refractivity contribution in [2.24, 2.45) is 0 Å². The fourth-order valence-electron chi connectivity index (χ4n) is 2.13. The standard InChI is InChI=1S/C14H23NO5/c1-18-11-6-4-5-9-15(10-12(11)19-2)13(16)7-8-14(17)20-3/h4,6,11-12H,5,7-10H2,1-3H3/b6-4-. The Morgan fingerprint density at radius 1 is 1.20 bits per heavy atom. The molecule has 0 saturated carbocycles. The van der Waals surface area contributed by atoms with Crippen LogP contribution in [0.4, 0.5) is 0 Å². The van der Waals surface area contributed by atoms with E-state index in [1.165, 1.54) is 7.11 Å². The molecule has 1 rings (SSSR count). The smallest absolute Gasteiger partial charge is 0.306 e. The maximum Gasteiger partial charge on any atom is 0.306 e. The van der Waals surface area contributed by atoms with Crippen molar-refractivity contribution < 1.29 is 23.8 Å². The Kier molecular flexibility index (Phi) is 7.25. The van der Waals surface area contributed by atoms with Crippen LogP contribution in [0.5, 0.6) is 0 Å². The van der Waals surface area contributed by atoms with Gasteiger partial charge < -0.3 is 19.1 Å². The summed E-state index contributed by atoms with van der Waals surface area (Å²) in [6.45, 7) is 1.08. The summed E-state index contributed by atoms with van der Waals surface area (Å²) in [5.74, 6) is -0.439. The summed E-state index contributed by atoms with van der Waals surface area (Å²) in [6, 6.07) is 0. The van der Waals surface area contributed by atoms with E-state index in [-0.39, 0.29) is 36.9 Å². The summed E-state index contributed by atoms with van der Waals surface area (Å²) in [4.78, 5) is 24.9. The summed E-state index contributed by atoms with van der Waals surface area (Å²) < 4.78 is 15.3. The molecule has 0 bridgehead atoms. The van der Waals surface area contributed by atoms with E-state index in [1.807, 2.05) is 12.2 Å². The second-order valence-electron chi connectivity index (χ2n) is 4.61. The largest absolute Gasteiger partial charge is 0.469 e. The molecule has 0 aromatic carbocycles. The van der Waals surface area contributed by atoms with Crippen LogP contribution in [-0.2, 0) is 23.8 Å². The number of nitrogens with zero attached hydrogens (tertiary/aromatic N) is 1. The number of carbonyl (C=O) groups is 2. The highest BCUT2D eigenvalue weighted by Crippen LogP contribution is 2.13. The molecule has 0 radical (unpaired) electrons. The van der Waals surface area contributed by atoms with Crippen LogP contribution in [0, 0.1) is 0 Å². The fourth-order valence-corrected chi connectivity index (χ4v) is 2.13. The molecule has 6 heteroatoms. The number of hydrogen-bond acceptors (Lipinski definition) is 5. The summed E-state index contributed by atoms with van der Waals surface area (Å²) in [5, 5.41) is 0. The van der Waals surface area contributed by atoms with E-state index < -0.39 is 0 Å². The molecule has 2 atom stereocenters. The lowest BCUT2D eigenvalue weighted by atomic mass is 10.1. The molecule has 0 fully saturated rings. The third-order valence-corrected chi connectivity index (χ3v) is 3.36. The molecule has 1 heterocycles. The lowest BCUT2D eigenvalue weighted by Gasteiger charge is -2.31. The van der Waals surface area contributed by atoms with Crippen LogP contribution in [-0.4, -0.2) is 63.4 Å². The van der Waals surface area contributed by atoms with Gasteiger partial charge in [-0.15, -0.1) is 0 Å². The summed E-state index contributed by atoms with van der Waals surface area (Å²) in [5.41, 5.74) is 0. The number of esters is 1. The highest BCUT2D eigenvalue weighted by Gasteiger charge is 2.25. The van der Waals surface area contributed by atoms with E-state index in [0.717, 1.165) is 6.42 Å². The number of rotatable bonds is 5. The average molecular weight is 285 g/mol. The Balaban J connectivity index is 2.62. The summed E-state index contributed by atoms with van der Waals surface area (Å²) in [6.07, 6.45) is 4.59. The molecular formula is C14H23NO5. The molecule has 0 aromatic rings. The van der Waals surface area contributed by atoms with Crippen molar-refractivity contribution in [1.29, 1.82) is 0 Å². The normalized spacial score (nSPS) is 24.6. The predicted molar refractivity (Wildman–Crippen MR) is 73.2 cm³/mol. The van der Waals surface area contributed by atoms with E-state index in [1.54, 1.807) is 19.1 Å². The zero-order valence-corrected chi connectivity index (χ0v) is 12.3.